The van der Waals surface area contributed by atoms with Gasteiger partial charge in [-0.1, -0.05) is 26.0 Å². The van der Waals surface area contributed by atoms with Crippen LogP contribution in [0.2, 0.25) is 0 Å². The van der Waals surface area contributed by atoms with E-state index in [1.165, 1.54) is 0 Å². The molecule has 0 spiro atoms. The molecule has 1 nitrogen and oxygen atoms in total. The Balaban J connectivity index is 2.29. The highest BCUT2D eigenvalue weighted by molar-refractivity contribution is 5.94. The van der Waals surface area contributed by atoms with Gasteiger partial charge in [0.15, 0.2) is 0 Å². The zero-order valence-corrected chi connectivity index (χ0v) is 6.42. The topological polar surface area (TPSA) is 17.1 Å². The van der Waals surface area contributed by atoms with E-state index < -0.39 is 0 Å². The van der Waals surface area contributed by atoms with Crippen molar-refractivity contribution in [3.05, 3.63) is 12.2 Å². The van der Waals surface area contributed by atoms with Crippen molar-refractivity contribution in [3.63, 3.8) is 0 Å². The van der Waals surface area contributed by atoms with Crippen LogP contribution in [0.1, 0.15) is 20.3 Å². The maximum Gasteiger partial charge on any atom is 0.143 e. The molecule has 2 aliphatic rings. The van der Waals surface area contributed by atoms with Crippen LogP contribution in [-0.4, -0.2) is 5.78 Å². The van der Waals surface area contributed by atoms with Crippen LogP contribution in [0.5, 0.6) is 0 Å². The average Bonchev–Trinajstić information content (AvgIpc) is 2.31. The predicted molar refractivity (Wildman–Crippen MR) is 39.5 cm³/mol. The highest BCUT2D eigenvalue weighted by Gasteiger charge is 2.55. The second-order valence-electron chi connectivity index (χ2n) is 3.88. The first-order valence-corrected chi connectivity index (χ1v) is 3.85. The lowest BCUT2D eigenvalue weighted by Crippen LogP contribution is -2.51. The monoisotopic (exact) mass is 136 g/mol. The van der Waals surface area contributed by atoms with E-state index in [1.807, 2.05) is 13.8 Å². The fourth-order valence-corrected chi connectivity index (χ4v) is 2.21. The molecule has 0 heterocycles. The van der Waals surface area contributed by atoms with Crippen molar-refractivity contribution in [2.24, 2.45) is 17.3 Å². The second kappa shape index (κ2) is 1.52. The van der Waals surface area contributed by atoms with Crippen molar-refractivity contribution < 1.29 is 4.79 Å². The van der Waals surface area contributed by atoms with Crippen LogP contribution in [0.25, 0.3) is 0 Å². The number of hydrogen-bond donors (Lipinski definition) is 0. The lowest BCUT2D eigenvalue weighted by molar-refractivity contribution is -0.148. The molecule has 1 fully saturated rings. The Hall–Kier alpha value is -0.590. The van der Waals surface area contributed by atoms with Crippen LogP contribution in [0.4, 0.5) is 0 Å². The number of Topliss-reactive ketones (excluding diaryl/α,β-unsaturated/α-hetero) is 1. The third kappa shape index (κ3) is 0.472. The van der Waals surface area contributed by atoms with Crippen LogP contribution in [0, 0.1) is 17.3 Å². The smallest absolute Gasteiger partial charge is 0.143 e. The standard InChI is InChI=1S/C9H12O/c1-9(2)7-5-3-4-6(7)8(9)10/h3,5-7H,4H2,1-2H3/t6-,7+/m1/s1. The Morgan fingerprint density at radius 2 is 2.30 bits per heavy atom. The van der Waals surface area contributed by atoms with Gasteiger partial charge >= 0.3 is 0 Å². The molecular weight excluding hydrogens is 124 g/mol. The molecule has 2 aliphatic carbocycles. The van der Waals surface area contributed by atoms with Crippen molar-refractivity contribution in [2.45, 2.75) is 20.3 Å². The first kappa shape index (κ1) is 6.14. The van der Waals surface area contributed by atoms with E-state index in [9.17, 15) is 4.79 Å². The fraction of sp³-hybridized carbons (Fsp3) is 0.667. The number of rotatable bonds is 0. The van der Waals surface area contributed by atoms with E-state index in [0.29, 0.717) is 17.6 Å². The first-order chi connectivity index (χ1) is 4.64. The summed E-state index contributed by atoms with van der Waals surface area (Å²) in [4.78, 5) is 11.3. The maximum absolute atomic E-state index is 11.3. The minimum absolute atomic E-state index is 0.0440. The molecule has 0 bridgehead atoms. The summed E-state index contributed by atoms with van der Waals surface area (Å²) < 4.78 is 0. The van der Waals surface area contributed by atoms with Crippen LogP contribution in [0.3, 0.4) is 0 Å². The van der Waals surface area contributed by atoms with E-state index in [4.69, 9.17) is 0 Å². The normalized spacial score (nSPS) is 41.2. The zero-order chi connectivity index (χ0) is 7.35. The number of carbonyl (C=O) groups excluding carboxylic acids is 1. The van der Waals surface area contributed by atoms with Crippen molar-refractivity contribution in [1.29, 1.82) is 0 Å². The largest absolute Gasteiger partial charge is 0.299 e. The highest BCUT2D eigenvalue weighted by Crippen LogP contribution is 2.52. The Morgan fingerprint density at radius 1 is 1.60 bits per heavy atom. The highest BCUT2D eigenvalue weighted by atomic mass is 16.1. The summed E-state index contributed by atoms with van der Waals surface area (Å²) in [6.07, 6.45) is 5.33. The Morgan fingerprint density at radius 3 is 2.90 bits per heavy atom. The third-order valence-corrected chi connectivity index (χ3v) is 2.97. The summed E-state index contributed by atoms with van der Waals surface area (Å²) in [5.41, 5.74) is -0.0440. The third-order valence-electron chi connectivity index (χ3n) is 2.97. The molecule has 0 aromatic heterocycles. The van der Waals surface area contributed by atoms with E-state index in [-0.39, 0.29) is 5.41 Å². The molecule has 0 aromatic carbocycles. The van der Waals surface area contributed by atoms with E-state index in [1.54, 1.807) is 0 Å². The molecule has 0 radical (unpaired) electrons. The summed E-state index contributed by atoms with van der Waals surface area (Å²) in [6, 6.07) is 0. The minimum Gasteiger partial charge on any atom is -0.299 e. The molecule has 1 heteroatoms. The van der Waals surface area contributed by atoms with Gasteiger partial charge < -0.3 is 0 Å². The number of ketones is 1. The Labute approximate surface area is 61.1 Å². The van der Waals surface area contributed by atoms with Crippen LogP contribution in [-0.2, 0) is 4.79 Å². The number of carbonyl (C=O) groups is 1. The molecule has 0 N–H and O–H groups in total. The minimum atomic E-state index is -0.0440. The molecule has 10 heavy (non-hydrogen) atoms. The second-order valence-corrected chi connectivity index (χ2v) is 3.88. The van der Waals surface area contributed by atoms with Gasteiger partial charge in [0.25, 0.3) is 0 Å². The van der Waals surface area contributed by atoms with Crippen molar-refractivity contribution in [2.75, 3.05) is 0 Å². The lowest BCUT2D eigenvalue weighted by Gasteiger charge is -2.45. The van der Waals surface area contributed by atoms with E-state index in [0.717, 1.165) is 6.42 Å². The van der Waals surface area contributed by atoms with Gasteiger partial charge in [0.2, 0.25) is 0 Å². The summed E-state index contributed by atoms with van der Waals surface area (Å²) in [5, 5.41) is 0. The van der Waals surface area contributed by atoms with Crippen molar-refractivity contribution in [1.82, 2.24) is 0 Å². The van der Waals surface area contributed by atoms with Gasteiger partial charge in [0.1, 0.15) is 5.78 Å². The fourth-order valence-electron chi connectivity index (χ4n) is 2.21. The average molecular weight is 136 g/mol. The SMILES string of the molecule is CC1(C)C(=O)[C@@H]2CC=C[C@@H]21. The van der Waals surface area contributed by atoms with Gasteiger partial charge in [-0.15, -0.1) is 0 Å². The molecule has 2 rings (SSSR count). The van der Waals surface area contributed by atoms with Crippen LogP contribution >= 0.6 is 0 Å². The van der Waals surface area contributed by atoms with Crippen LogP contribution in [0.15, 0.2) is 12.2 Å². The molecule has 54 valence electrons. The van der Waals surface area contributed by atoms with Gasteiger partial charge in [0, 0.05) is 11.3 Å². The van der Waals surface area contributed by atoms with Gasteiger partial charge in [-0.2, -0.15) is 0 Å². The van der Waals surface area contributed by atoms with Gasteiger partial charge in [-0.25, -0.2) is 0 Å². The summed E-state index contributed by atoms with van der Waals surface area (Å²) in [7, 11) is 0. The molecule has 0 aliphatic heterocycles. The summed E-state index contributed by atoms with van der Waals surface area (Å²) >= 11 is 0. The number of fused-ring (bicyclic) bond motifs is 1. The predicted octanol–water partition coefficient (Wildman–Crippen LogP) is 1.79. The van der Waals surface area contributed by atoms with Crippen molar-refractivity contribution in [3.8, 4) is 0 Å². The van der Waals surface area contributed by atoms with Crippen LogP contribution < -0.4 is 0 Å². The van der Waals surface area contributed by atoms with Gasteiger partial charge in [-0.05, 0) is 12.3 Å². The number of allylic oxidation sites excluding steroid dienone is 2. The molecular formula is C9H12O. The number of hydrogen-bond acceptors (Lipinski definition) is 1. The molecule has 2 atom stereocenters. The lowest BCUT2D eigenvalue weighted by atomic mass is 9.56. The molecule has 0 aromatic rings. The molecule has 1 saturated carbocycles. The Kier molecular flexibility index (Phi) is 0.936. The van der Waals surface area contributed by atoms with Crippen molar-refractivity contribution >= 4 is 5.78 Å². The van der Waals surface area contributed by atoms with E-state index in [2.05, 4.69) is 12.2 Å². The maximum atomic E-state index is 11.3. The Bertz CT molecular complexity index is 213. The summed E-state index contributed by atoms with van der Waals surface area (Å²) in [5.74, 6) is 1.37. The first-order valence-electron chi connectivity index (χ1n) is 3.85. The van der Waals surface area contributed by atoms with E-state index >= 15 is 0 Å². The molecule has 0 amide bonds. The molecule has 0 saturated heterocycles. The molecule has 0 unspecified atom stereocenters. The van der Waals surface area contributed by atoms with Gasteiger partial charge in [-0.3, -0.25) is 4.79 Å². The summed E-state index contributed by atoms with van der Waals surface area (Å²) in [6.45, 7) is 4.10. The zero-order valence-electron chi connectivity index (χ0n) is 6.42. The van der Waals surface area contributed by atoms with Gasteiger partial charge in [0.05, 0.1) is 0 Å². The quantitative estimate of drug-likeness (QED) is 0.464.